The van der Waals surface area contributed by atoms with Crippen molar-refractivity contribution in [2.24, 2.45) is 0 Å². The largest absolute Gasteiger partial charge is 0.399 e. The average molecular weight is 274 g/mol. The zero-order chi connectivity index (χ0) is 12.7. The van der Waals surface area contributed by atoms with Crippen molar-refractivity contribution in [1.29, 1.82) is 0 Å². The van der Waals surface area contributed by atoms with Gasteiger partial charge >= 0.3 is 0 Å². The van der Waals surface area contributed by atoms with Crippen molar-refractivity contribution in [1.82, 2.24) is 4.72 Å². The summed E-state index contributed by atoms with van der Waals surface area (Å²) in [7, 11) is -3.38. The van der Waals surface area contributed by atoms with Crippen LogP contribution in [0.4, 0.5) is 5.69 Å². The Morgan fingerprint density at radius 3 is 2.47 bits per heavy atom. The predicted molar refractivity (Wildman–Crippen MR) is 73.7 cm³/mol. The van der Waals surface area contributed by atoms with Crippen LogP contribution in [0.15, 0.2) is 29.2 Å². The Morgan fingerprint density at radius 1 is 1.24 bits per heavy atom. The molecule has 0 saturated carbocycles. The Morgan fingerprint density at radius 2 is 1.88 bits per heavy atom. The van der Waals surface area contributed by atoms with E-state index in [9.17, 15) is 8.42 Å². The van der Waals surface area contributed by atoms with Gasteiger partial charge in [-0.3, -0.25) is 0 Å². The highest BCUT2D eigenvalue weighted by atomic mass is 32.2. The first kappa shape index (κ1) is 14.3. The van der Waals surface area contributed by atoms with E-state index >= 15 is 0 Å². The van der Waals surface area contributed by atoms with Crippen LogP contribution in [0.25, 0.3) is 0 Å². The van der Waals surface area contributed by atoms with Crippen molar-refractivity contribution >= 4 is 27.5 Å². The monoisotopic (exact) mass is 274 g/mol. The molecular formula is C11H18N2O2S2. The van der Waals surface area contributed by atoms with Gasteiger partial charge in [0.1, 0.15) is 0 Å². The number of unbranched alkanes of at least 4 members (excludes halogenated alkanes) is 1. The maximum absolute atomic E-state index is 11.8. The topological polar surface area (TPSA) is 72.2 Å². The number of hydrogen-bond acceptors (Lipinski definition) is 4. The second-order valence-electron chi connectivity index (χ2n) is 3.67. The fourth-order valence-corrected chi connectivity index (χ4v) is 2.88. The van der Waals surface area contributed by atoms with Gasteiger partial charge in [0.2, 0.25) is 10.0 Å². The molecule has 1 aromatic rings. The van der Waals surface area contributed by atoms with Crippen molar-refractivity contribution < 1.29 is 8.42 Å². The van der Waals surface area contributed by atoms with Gasteiger partial charge in [0, 0.05) is 12.2 Å². The third-order valence-electron chi connectivity index (χ3n) is 2.26. The lowest BCUT2D eigenvalue weighted by molar-refractivity contribution is 0.578. The van der Waals surface area contributed by atoms with Crippen molar-refractivity contribution in [3.05, 3.63) is 24.3 Å². The van der Waals surface area contributed by atoms with Crippen LogP contribution in [0.5, 0.6) is 0 Å². The van der Waals surface area contributed by atoms with Crippen LogP contribution < -0.4 is 10.5 Å². The Labute approximate surface area is 107 Å². The minimum atomic E-state index is -3.38. The number of sulfonamides is 1. The second kappa shape index (κ2) is 6.88. The van der Waals surface area contributed by atoms with Crippen molar-refractivity contribution in [2.45, 2.75) is 17.7 Å². The lowest BCUT2D eigenvalue weighted by Crippen LogP contribution is -2.24. The quantitative estimate of drug-likeness (QED) is 0.586. The smallest absolute Gasteiger partial charge is 0.240 e. The van der Waals surface area contributed by atoms with Gasteiger partial charge in [-0.1, -0.05) is 0 Å². The molecule has 1 rings (SSSR count). The first-order valence-electron chi connectivity index (χ1n) is 5.40. The van der Waals surface area contributed by atoms with Crippen LogP contribution in [0.1, 0.15) is 12.8 Å². The number of nitrogens with two attached hydrogens (primary N) is 1. The van der Waals surface area contributed by atoms with Gasteiger partial charge < -0.3 is 5.73 Å². The number of nitrogen functional groups attached to an aromatic ring is 1. The van der Waals surface area contributed by atoms with Gasteiger partial charge in [-0.15, -0.1) is 0 Å². The van der Waals surface area contributed by atoms with Crippen LogP contribution in [0, 0.1) is 0 Å². The molecule has 17 heavy (non-hydrogen) atoms. The normalized spacial score (nSPS) is 11.6. The fourth-order valence-electron chi connectivity index (χ4n) is 1.31. The van der Waals surface area contributed by atoms with Crippen LogP contribution in [0.3, 0.4) is 0 Å². The Kier molecular flexibility index (Phi) is 5.80. The molecule has 0 heterocycles. The number of hydrogen-bond donors (Lipinski definition) is 2. The van der Waals surface area contributed by atoms with Gasteiger partial charge in [-0.2, -0.15) is 11.8 Å². The van der Waals surface area contributed by atoms with Crippen LogP contribution in [-0.2, 0) is 10.0 Å². The number of rotatable bonds is 7. The van der Waals surface area contributed by atoms with E-state index in [-0.39, 0.29) is 4.90 Å². The molecule has 0 aliphatic rings. The van der Waals surface area contributed by atoms with Crippen molar-refractivity contribution in [2.75, 3.05) is 24.3 Å². The summed E-state index contributed by atoms with van der Waals surface area (Å²) in [5, 5.41) is 0. The third-order valence-corrected chi connectivity index (χ3v) is 4.43. The van der Waals surface area contributed by atoms with Crippen LogP contribution in [-0.4, -0.2) is 27.0 Å². The predicted octanol–water partition coefficient (Wildman–Crippen LogP) is 1.69. The molecule has 96 valence electrons. The molecule has 0 aliphatic carbocycles. The van der Waals surface area contributed by atoms with E-state index < -0.39 is 10.0 Å². The highest BCUT2D eigenvalue weighted by Crippen LogP contribution is 2.11. The Hall–Kier alpha value is -0.720. The molecule has 0 saturated heterocycles. The molecule has 0 bridgehead atoms. The van der Waals surface area contributed by atoms with Gasteiger partial charge in [0.25, 0.3) is 0 Å². The van der Waals surface area contributed by atoms with Crippen molar-refractivity contribution in [3.63, 3.8) is 0 Å². The van der Waals surface area contributed by atoms with Crippen LogP contribution in [0.2, 0.25) is 0 Å². The third kappa shape index (κ3) is 4.97. The molecule has 4 nitrogen and oxygen atoms in total. The zero-order valence-corrected chi connectivity index (χ0v) is 11.5. The number of thioether (sulfide) groups is 1. The first-order chi connectivity index (χ1) is 8.06. The van der Waals surface area contributed by atoms with E-state index in [0.717, 1.165) is 18.6 Å². The minimum absolute atomic E-state index is 0.261. The molecule has 0 aromatic heterocycles. The lowest BCUT2D eigenvalue weighted by Gasteiger charge is -2.06. The van der Waals surface area contributed by atoms with E-state index in [1.54, 1.807) is 23.9 Å². The summed E-state index contributed by atoms with van der Waals surface area (Å²) in [5.74, 6) is 1.06. The molecule has 0 unspecified atom stereocenters. The average Bonchev–Trinajstić information content (AvgIpc) is 2.29. The number of nitrogens with one attached hydrogen (secondary N) is 1. The molecule has 1 aromatic carbocycles. The molecule has 3 N–H and O–H groups in total. The molecule has 0 amide bonds. The summed E-state index contributed by atoms with van der Waals surface area (Å²) >= 11 is 1.77. The summed E-state index contributed by atoms with van der Waals surface area (Å²) in [6.07, 6.45) is 3.92. The molecule has 0 aliphatic heterocycles. The summed E-state index contributed by atoms with van der Waals surface area (Å²) < 4.78 is 26.2. The van der Waals surface area contributed by atoms with Gasteiger partial charge in [-0.05, 0) is 49.1 Å². The standard InChI is InChI=1S/C11H18N2O2S2/c1-16-9-3-2-8-13-17(14,15)11-6-4-10(12)5-7-11/h4-7,13H,2-3,8-9,12H2,1H3. The van der Waals surface area contributed by atoms with E-state index in [1.165, 1.54) is 12.1 Å². The van der Waals surface area contributed by atoms with Gasteiger partial charge in [0.05, 0.1) is 4.90 Å². The second-order valence-corrected chi connectivity index (χ2v) is 6.42. The highest BCUT2D eigenvalue weighted by molar-refractivity contribution is 7.98. The molecule has 0 spiro atoms. The van der Waals surface area contributed by atoms with E-state index in [0.29, 0.717) is 12.2 Å². The zero-order valence-electron chi connectivity index (χ0n) is 9.85. The minimum Gasteiger partial charge on any atom is -0.399 e. The lowest BCUT2D eigenvalue weighted by atomic mass is 10.3. The van der Waals surface area contributed by atoms with Crippen molar-refractivity contribution in [3.8, 4) is 0 Å². The molecule has 0 fully saturated rings. The van der Waals surface area contributed by atoms with E-state index in [4.69, 9.17) is 5.73 Å². The molecule has 0 radical (unpaired) electrons. The maximum atomic E-state index is 11.8. The van der Waals surface area contributed by atoms with Gasteiger partial charge in [-0.25, -0.2) is 13.1 Å². The molecule has 6 heteroatoms. The summed E-state index contributed by atoms with van der Waals surface area (Å²) in [5.41, 5.74) is 6.07. The number of anilines is 1. The Balaban J connectivity index is 2.48. The van der Waals surface area contributed by atoms with Crippen LogP contribution >= 0.6 is 11.8 Å². The fraction of sp³-hybridized carbons (Fsp3) is 0.455. The Bertz CT molecular complexity index is 429. The molecular weight excluding hydrogens is 256 g/mol. The summed E-state index contributed by atoms with van der Waals surface area (Å²) in [4.78, 5) is 0.261. The number of benzene rings is 1. The van der Waals surface area contributed by atoms with E-state index in [2.05, 4.69) is 4.72 Å². The maximum Gasteiger partial charge on any atom is 0.240 e. The highest BCUT2D eigenvalue weighted by Gasteiger charge is 2.12. The molecule has 0 atom stereocenters. The van der Waals surface area contributed by atoms with E-state index in [1.807, 2.05) is 6.26 Å². The first-order valence-corrected chi connectivity index (χ1v) is 8.28. The van der Waals surface area contributed by atoms with Gasteiger partial charge in [0.15, 0.2) is 0 Å². The summed E-state index contributed by atoms with van der Waals surface area (Å²) in [6, 6.07) is 6.20. The SMILES string of the molecule is CSCCCCNS(=O)(=O)c1ccc(N)cc1. The summed E-state index contributed by atoms with van der Waals surface area (Å²) in [6.45, 7) is 0.479.